The summed E-state index contributed by atoms with van der Waals surface area (Å²) in [7, 11) is 0. The SMILES string of the molecule is O=C(N[C@@H](CCO[C@H]1C[C@H](CCc2ccc3c(n2)NCCC3)C1)C(=O)O)c1cccc(Cl)c1Cl. The molecule has 2 aromatic rings. The van der Waals surface area contributed by atoms with Gasteiger partial charge in [0.2, 0.25) is 0 Å². The summed E-state index contributed by atoms with van der Waals surface area (Å²) in [5.74, 6) is -0.0600. The number of rotatable bonds is 10. The second-order valence-electron chi connectivity index (χ2n) is 8.96. The first kappa shape index (κ1) is 24.8. The Balaban J connectivity index is 1.16. The van der Waals surface area contributed by atoms with Gasteiger partial charge in [-0.3, -0.25) is 4.79 Å². The summed E-state index contributed by atoms with van der Waals surface area (Å²) in [6, 6.07) is 7.92. The first-order chi connectivity index (χ1) is 16.4. The minimum absolute atomic E-state index is 0.101. The van der Waals surface area contributed by atoms with Gasteiger partial charge in [0.05, 0.1) is 21.7 Å². The van der Waals surface area contributed by atoms with Gasteiger partial charge >= 0.3 is 5.97 Å². The smallest absolute Gasteiger partial charge is 0.326 e. The summed E-state index contributed by atoms with van der Waals surface area (Å²) in [5.41, 5.74) is 2.57. The van der Waals surface area contributed by atoms with Gasteiger partial charge in [-0.15, -0.1) is 0 Å². The third kappa shape index (κ3) is 6.20. The van der Waals surface area contributed by atoms with Crippen LogP contribution in [0.1, 0.15) is 53.7 Å². The Morgan fingerprint density at radius 2 is 2.06 bits per heavy atom. The number of carboxylic acids is 1. The topological polar surface area (TPSA) is 101 Å². The van der Waals surface area contributed by atoms with E-state index in [2.05, 4.69) is 22.8 Å². The van der Waals surface area contributed by atoms with E-state index in [0.29, 0.717) is 5.92 Å². The number of carbonyl (C=O) groups is 2. The van der Waals surface area contributed by atoms with Crippen molar-refractivity contribution in [2.45, 2.75) is 57.1 Å². The molecule has 2 aliphatic rings. The Kier molecular flexibility index (Phi) is 8.29. The molecule has 0 spiro atoms. The minimum atomic E-state index is -1.12. The number of hydrogen-bond donors (Lipinski definition) is 3. The maximum Gasteiger partial charge on any atom is 0.326 e. The molecule has 34 heavy (non-hydrogen) atoms. The molecule has 1 amide bonds. The number of anilines is 1. The van der Waals surface area contributed by atoms with Crippen molar-refractivity contribution in [3.63, 3.8) is 0 Å². The highest BCUT2D eigenvalue weighted by molar-refractivity contribution is 6.43. The zero-order valence-electron chi connectivity index (χ0n) is 18.9. The predicted octanol–water partition coefficient (Wildman–Crippen LogP) is 4.75. The van der Waals surface area contributed by atoms with Crippen LogP contribution in [0.4, 0.5) is 5.82 Å². The lowest BCUT2D eigenvalue weighted by atomic mass is 9.79. The van der Waals surface area contributed by atoms with Gasteiger partial charge in [0.1, 0.15) is 11.9 Å². The van der Waals surface area contributed by atoms with Crippen LogP contribution in [0.3, 0.4) is 0 Å². The molecule has 1 aliphatic heterocycles. The summed E-state index contributed by atoms with van der Waals surface area (Å²) < 4.78 is 5.86. The van der Waals surface area contributed by atoms with Gasteiger partial charge in [-0.05, 0) is 68.2 Å². The highest BCUT2D eigenvalue weighted by atomic mass is 35.5. The highest BCUT2D eigenvalue weighted by Crippen LogP contribution is 2.34. The molecule has 0 unspecified atom stereocenters. The van der Waals surface area contributed by atoms with Crippen molar-refractivity contribution in [1.29, 1.82) is 0 Å². The molecule has 1 aromatic heterocycles. The Bertz CT molecular complexity index is 1040. The molecule has 1 atom stereocenters. The molecule has 182 valence electrons. The molecule has 1 saturated carbocycles. The fourth-order valence-electron chi connectivity index (χ4n) is 4.43. The number of ether oxygens (including phenoxy) is 1. The van der Waals surface area contributed by atoms with Crippen molar-refractivity contribution in [3.05, 3.63) is 57.2 Å². The van der Waals surface area contributed by atoms with E-state index in [1.54, 1.807) is 12.1 Å². The van der Waals surface area contributed by atoms with Crippen molar-refractivity contribution >= 4 is 40.9 Å². The van der Waals surface area contributed by atoms with Gasteiger partial charge in [0.25, 0.3) is 5.91 Å². The maximum atomic E-state index is 12.4. The predicted molar refractivity (Wildman–Crippen MR) is 132 cm³/mol. The van der Waals surface area contributed by atoms with Gasteiger partial charge in [-0.1, -0.05) is 35.3 Å². The van der Waals surface area contributed by atoms with Gasteiger partial charge in [-0.25, -0.2) is 9.78 Å². The number of aliphatic carboxylic acids is 1. The fourth-order valence-corrected chi connectivity index (χ4v) is 4.82. The van der Waals surface area contributed by atoms with Gasteiger partial charge < -0.3 is 20.5 Å². The molecule has 0 bridgehead atoms. The number of nitrogens with one attached hydrogen (secondary N) is 2. The van der Waals surface area contributed by atoms with Crippen molar-refractivity contribution in [2.75, 3.05) is 18.5 Å². The lowest BCUT2D eigenvalue weighted by molar-refractivity contribution is -0.140. The van der Waals surface area contributed by atoms with Crippen LogP contribution in [0.25, 0.3) is 0 Å². The largest absolute Gasteiger partial charge is 0.480 e. The molecule has 4 rings (SSSR count). The number of hydrogen-bond acceptors (Lipinski definition) is 5. The van der Waals surface area contributed by atoms with Crippen LogP contribution in [0.15, 0.2) is 30.3 Å². The second-order valence-corrected chi connectivity index (χ2v) is 9.75. The first-order valence-corrected chi connectivity index (χ1v) is 12.5. The van der Waals surface area contributed by atoms with Crippen LogP contribution in [-0.4, -0.2) is 47.3 Å². The van der Waals surface area contributed by atoms with E-state index < -0.39 is 17.9 Å². The maximum absolute atomic E-state index is 12.4. The van der Waals surface area contributed by atoms with Crippen LogP contribution < -0.4 is 10.6 Å². The normalized spacial score (nSPS) is 19.9. The van der Waals surface area contributed by atoms with Gasteiger partial charge in [0.15, 0.2) is 0 Å². The lowest BCUT2D eigenvalue weighted by Gasteiger charge is -2.35. The van der Waals surface area contributed by atoms with E-state index in [1.165, 1.54) is 11.6 Å². The monoisotopic (exact) mass is 505 g/mol. The molecule has 1 fully saturated rings. The van der Waals surface area contributed by atoms with Crippen LogP contribution in [0, 0.1) is 5.92 Å². The second kappa shape index (κ2) is 11.4. The number of benzene rings is 1. The van der Waals surface area contributed by atoms with Crippen molar-refractivity contribution in [2.24, 2.45) is 5.92 Å². The van der Waals surface area contributed by atoms with E-state index in [-0.39, 0.29) is 34.7 Å². The van der Waals surface area contributed by atoms with Gasteiger partial charge in [0, 0.05) is 25.3 Å². The molecular formula is C25H29Cl2N3O4. The van der Waals surface area contributed by atoms with E-state index in [0.717, 1.165) is 56.6 Å². The number of nitrogens with zero attached hydrogens (tertiary/aromatic N) is 1. The standard InChI is InChI=1S/C25H29Cl2N3O4/c26-20-5-1-4-19(22(20)27)24(31)30-21(25(32)33)10-12-34-18-13-15(14-18)6-8-17-9-7-16-3-2-11-28-23(16)29-17/h1,4-5,7,9,15,18,21H,2-3,6,8,10-14H2,(H,28,29)(H,30,31)(H,32,33)/t15-,18-,21-/m0/s1. The Morgan fingerprint density at radius 3 is 2.85 bits per heavy atom. The zero-order chi connectivity index (χ0) is 24.1. The van der Waals surface area contributed by atoms with Crippen molar-refractivity contribution < 1.29 is 19.4 Å². The van der Waals surface area contributed by atoms with Crippen molar-refractivity contribution in [1.82, 2.24) is 10.3 Å². The number of carbonyl (C=O) groups excluding carboxylic acids is 1. The molecule has 3 N–H and O–H groups in total. The first-order valence-electron chi connectivity index (χ1n) is 11.7. The third-order valence-corrected chi connectivity index (χ3v) is 7.33. The Morgan fingerprint density at radius 1 is 1.24 bits per heavy atom. The lowest BCUT2D eigenvalue weighted by Crippen LogP contribution is -2.42. The minimum Gasteiger partial charge on any atom is -0.480 e. The summed E-state index contributed by atoms with van der Waals surface area (Å²) in [6.45, 7) is 1.25. The highest BCUT2D eigenvalue weighted by Gasteiger charge is 2.30. The van der Waals surface area contributed by atoms with Gasteiger partial charge in [-0.2, -0.15) is 0 Å². The quantitative estimate of drug-likeness (QED) is 0.430. The van der Waals surface area contributed by atoms with Crippen molar-refractivity contribution in [3.8, 4) is 0 Å². The van der Waals surface area contributed by atoms with E-state index in [9.17, 15) is 14.7 Å². The summed E-state index contributed by atoms with van der Waals surface area (Å²) in [4.78, 5) is 28.8. The van der Waals surface area contributed by atoms with Crippen LogP contribution >= 0.6 is 23.2 Å². The molecule has 0 radical (unpaired) electrons. The molecule has 0 saturated heterocycles. The molecule has 7 nitrogen and oxygen atoms in total. The van der Waals surface area contributed by atoms with E-state index in [4.69, 9.17) is 32.9 Å². The summed E-state index contributed by atoms with van der Waals surface area (Å²) in [6.07, 6.45) is 6.51. The molecular weight excluding hydrogens is 477 g/mol. The van der Waals surface area contributed by atoms with Crippen LogP contribution in [-0.2, 0) is 22.4 Å². The van der Waals surface area contributed by atoms with E-state index in [1.807, 2.05) is 0 Å². The number of carboxylic acid groups (broad SMARTS) is 1. The number of aromatic nitrogens is 1. The molecule has 1 aliphatic carbocycles. The summed E-state index contributed by atoms with van der Waals surface area (Å²) >= 11 is 12.0. The summed E-state index contributed by atoms with van der Waals surface area (Å²) in [5, 5.41) is 15.7. The molecule has 9 heteroatoms. The van der Waals surface area contributed by atoms with Crippen LogP contribution in [0.5, 0.6) is 0 Å². The average molecular weight is 506 g/mol. The number of amides is 1. The number of fused-ring (bicyclic) bond motifs is 1. The van der Waals surface area contributed by atoms with Crippen LogP contribution in [0.2, 0.25) is 10.0 Å². The third-order valence-electron chi connectivity index (χ3n) is 6.51. The Hall–Kier alpha value is -2.35. The number of aryl methyl sites for hydroxylation is 2. The zero-order valence-corrected chi connectivity index (χ0v) is 20.4. The number of pyridine rings is 1. The molecule has 1 aromatic carbocycles. The Labute approximate surface area is 209 Å². The average Bonchev–Trinajstić information content (AvgIpc) is 2.80. The number of halogens is 2. The molecule has 2 heterocycles. The fraction of sp³-hybridized carbons (Fsp3) is 0.480. The van der Waals surface area contributed by atoms with E-state index >= 15 is 0 Å².